The Morgan fingerprint density at radius 2 is 1.83 bits per heavy atom. The summed E-state index contributed by atoms with van der Waals surface area (Å²) in [6, 6.07) is 17.4. The molecule has 5 nitrogen and oxygen atoms in total. The first-order valence-electron chi connectivity index (χ1n) is 7.66. The molecular formula is C18H20N2O3. The summed E-state index contributed by atoms with van der Waals surface area (Å²) < 4.78 is 11.2. The fourth-order valence-corrected chi connectivity index (χ4v) is 2.42. The molecule has 0 radical (unpaired) electrons. The first-order chi connectivity index (χ1) is 11.2. The molecule has 0 saturated heterocycles. The molecule has 0 bridgehead atoms. The van der Waals surface area contributed by atoms with E-state index in [1.54, 1.807) is 6.07 Å². The molecule has 1 atom stereocenters. The van der Waals surface area contributed by atoms with Crippen molar-refractivity contribution in [3.8, 4) is 11.5 Å². The normalized spacial score (nSPS) is 15.8. The van der Waals surface area contributed by atoms with E-state index in [9.17, 15) is 4.79 Å². The van der Waals surface area contributed by atoms with E-state index in [0.717, 1.165) is 12.2 Å². The van der Waals surface area contributed by atoms with E-state index in [1.807, 2.05) is 55.6 Å². The largest absolute Gasteiger partial charge is 0.485 e. The minimum atomic E-state index is -0.605. The Morgan fingerprint density at radius 1 is 1.13 bits per heavy atom. The van der Waals surface area contributed by atoms with Crippen molar-refractivity contribution in [1.82, 2.24) is 5.32 Å². The third-order valence-electron chi connectivity index (χ3n) is 3.74. The zero-order chi connectivity index (χ0) is 16.1. The lowest BCUT2D eigenvalue weighted by atomic mass is 10.2. The second-order valence-electron chi connectivity index (χ2n) is 5.41. The molecule has 1 amide bonds. The molecule has 1 N–H and O–H groups in total. The van der Waals surface area contributed by atoms with Crippen LogP contribution in [0.1, 0.15) is 0 Å². The van der Waals surface area contributed by atoms with Gasteiger partial charge in [-0.2, -0.15) is 0 Å². The van der Waals surface area contributed by atoms with Gasteiger partial charge in [0.05, 0.1) is 0 Å². The fourth-order valence-electron chi connectivity index (χ4n) is 2.42. The molecule has 2 aromatic rings. The standard InChI is InChI=1S/C18H20N2O3/c1-20(14-7-3-2-4-8-14)12-11-19-18(21)17-13-22-15-9-5-6-10-16(15)23-17/h2-10,17H,11-13H2,1H3,(H,19,21). The summed E-state index contributed by atoms with van der Waals surface area (Å²) >= 11 is 0. The lowest BCUT2D eigenvalue weighted by Crippen LogP contribution is -2.45. The summed E-state index contributed by atoms with van der Waals surface area (Å²) in [6.45, 7) is 1.50. The highest BCUT2D eigenvalue weighted by molar-refractivity contribution is 5.81. The molecule has 23 heavy (non-hydrogen) atoms. The van der Waals surface area contributed by atoms with E-state index in [1.165, 1.54) is 0 Å². The van der Waals surface area contributed by atoms with E-state index in [2.05, 4.69) is 10.2 Å². The summed E-state index contributed by atoms with van der Waals surface area (Å²) in [5, 5.41) is 2.90. The number of nitrogens with one attached hydrogen (secondary N) is 1. The number of rotatable bonds is 5. The SMILES string of the molecule is CN(CCNC(=O)C1COc2ccccc2O1)c1ccccc1. The van der Waals surface area contributed by atoms with Crippen LogP contribution < -0.4 is 19.7 Å². The van der Waals surface area contributed by atoms with Gasteiger partial charge >= 0.3 is 0 Å². The van der Waals surface area contributed by atoms with Crippen molar-refractivity contribution in [2.24, 2.45) is 0 Å². The maximum absolute atomic E-state index is 12.2. The molecule has 120 valence electrons. The van der Waals surface area contributed by atoms with Gasteiger partial charge in [-0.1, -0.05) is 30.3 Å². The number of likely N-dealkylation sites (N-methyl/N-ethyl adjacent to an activating group) is 1. The number of amides is 1. The molecule has 3 rings (SSSR count). The zero-order valence-corrected chi connectivity index (χ0v) is 13.1. The van der Waals surface area contributed by atoms with Crippen LogP contribution in [0.15, 0.2) is 54.6 Å². The van der Waals surface area contributed by atoms with Gasteiger partial charge in [0.1, 0.15) is 6.61 Å². The maximum Gasteiger partial charge on any atom is 0.264 e. The Bertz CT molecular complexity index is 660. The number of fused-ring (bicyclic) bond motifs is 1. The van der Waals surface area contributed by atoms with Crippen molar-refractivity contribution in [3.05, 3.63) is 54.6 Å². The predicted molar refractivity (Wildman–Crippen MR) is 89.1 cm³/mol. The number of nitrogens with zero attached hydrogens (tertiary/aromatic N) is 1. The summed E-state index contributed by atoms with van der Waals surface area (Å²) in [4.78, 5) is 14.3. The van der Waals surface area contributed by atoms with Crippen LogP contribution in [-0.2, 0) is 4.79 Å². The number of para-hydroxylation sites is 3. The monoisotopic (exact) mass is 312 g/mol. The zero-order valence-electron chi connectivity index (χ0n) is 13.1. The Balaban J connectivity index is 1.47. The van der Waals surface area contributed by atoms with E-state index in [-0.39, 0.29) is 12.5 Å². The maximum atomic E-state index is 12.2. The van der Waals surface area contributed by atoms with Gasteiger partial charge in [-0.15, -0.1) is 0 Å². The molecule has 2 aromatic carbocycles. The number of hydrogen-bond donors (Lipinski definition) is 1. The predicted octanol–water partition coefficient (Wildman–Crippen LogP) is 2.08. The van der Waals surface area contributed by atoms with Crippen LogP contribution in [0.25, 0.3) is 0 Å². The van der Waals surface area contributed by atoms with Crippen LogP contribution in [0.4, 0.5) is 5.69 Å². The van der Waals surface area contributed by atoms with Crippen LogP contribution in [0.2, 0.25) is 0 Å². The molecule has 0 aromatic heterocycles. The second-order valence-corrected chi connectivity index (χ2v) is 5.41. The number of ether oxygens (including phenoxy) is 2. The quantitative estimate of drug-likeness (QED) is 0.918. The fraction of sp³-hybridized carbons (Fsp3) is 0.278. The van der Waals surface area contributed by atoms with Crippen LogP contribution in [0.5, 0.6) is 11.5 Å². The molecule has 1 heterocycles. The molecule has 5 heteroatoms. The van der Waals surface area contributed by atoms with Crippen LogP contribution in [-0.4, -0.2) is 38.8 Å². The topological polar surface area (TPSA) is 50.8 Å². The average molecular weight is 312 g/mol. The Kier molecular flexibility index (Phi) is 4.66. The minimum absolute atomic E-state index is 0.152. The Hall–Kier alpha value is -2.69. The highest BCUT2D eigenvalue weighted by Gasteiger charge is 2.26. The van der Waals surface area contributed by atoms with Crippen molar-refractivity contribution in [2.45, 2.75) is 6.10 Å². The van der Waals surface area contributed by atoms with Crippen molar-refractivity contribution in [3.63, 3.8) is 0 Å². The van der Waals surface area contributed by atoms with Crippen molar-refractivity contribution < 1.29 is 14.3 Å². The number of anilines is 1. The lowest BCUT2D eigenvalue weighted by Gasteiger charge is -2.26. The molecule has 0 fully saturated rings. The van der Waals surface area contributed by atoms with Gasteiger partial charge < -0.3 is 19.7 Å². The van der Waals surface area contributed by atoms with Crippen molar-refractivity contribution in [2.75, 3.05) is 31.6 Å². The number of benzene rings is 2. The van der Waals surface area contributed by atoms with Crippen LogP contribution in [0, 0.1) is 0 Å². The third kappa shape index (κ3) is 3.74. The van der Waals surface area contributed by atoms with Gasteiger partial charge in [0.2, 0.25) is 6.10 Å². The van der Waals surface area contributed by atoms with Gasteiger partial charge in [-0.25, -0.2) is 0 Å². The average Bonchev–Trinajstić information content (AvgIpc) is 2.61. The molecule has 0 spiro atoms. The van der Waals surface area contributed by atoms with E-state index in [4.69, 9.17) is 9.47 Å². The summed E-state index contributed by atoms with van der Waals surface area (Å²) in [6.07, 6.45) is -0.605. The van der Waals surface area contributed by atoms with Crippen molar-refractivity contribution in [1.29, 1.82) is 0 Å². The Morgan fingerprint density at radius 3 is 2.61 bits per heavy atom. The molecule has 0 aliphatic carbocycles. The Labute approximate surface area is 135 Å². The smallest absolute Gasteiger partial charge is 0.264 e. The number of carbonyl (C=O) groups excluding carboxylic acids is 1. The molecule has 1 unspecified atom stereocenters. The molecule has 1 aliphatic rings. The number of hydrogen-bond acceptors (Lipinski definition) is 4. The van der Waals surface area contributed by atoms with Crippen LogP contribution >= 0.6 is 0 Å². The summed E-state index contributed by atoms with van der Waals surface area (Å²) in [7, 11) is 2.00. The summed E-state index contributed by atoms with van der Waals surface area (Å²) in [5.41, 5.74) is 1.12. The van der Waals surface area contributed by atoms with E-state index in [0.29, 0.717) is 18.0 Å². The second kappa shape index (κ2) is 7.05. The van der Waals surface area contributed by atoms with Crippen molar-refractivity contribution >= 4 is 11.6 Å². The first kappa shape index (κ1) is 15.2. The molecular weight excluding hydrogens is 292 g/mol. The van der Waals surface area contributed by atoms with Gasteiger partial charge in [-0.05, 0) is 24.3 Å². The third-order valence-corrected chi connectivity index (χ3v) is 3.74. The highest BCUT2D eigenvalue weighted by Crippen LogP contribution is 2.30. The van der Waals surface area contributed by atoms with Gasteiger partial charge in [0.15, 0.2) is 11.5 Å². The number of carbonyl (C=O) groups is 1. The molecule has 1 aliphatic heterocycles. The first-order valence-corrected chi connectivity index (χ1v) is 7.66. The lowest BCUT2D eigenvalue weighted by molar-refractivity contribution is -0.130. The van der Waals surface area contributed by atoms with Gasteiger partial charge in [0.25, 0.3) is 5.91 Å². The minimum Gasteiger partial charge on any atom is -0.485 e. The van der Waals surface area contributed by atoms with Gasteiger partial charge in [-0.3, -0.25) is 4.79 Å². The van der Waals surface area contributed by atoms with E-state index >= 15 is 0 Å². The highest BCUT2D eigenvalue weighted by atomic mass is 16.6. The van der Waals surface area contributed by atoms with E-state index < -0.39 is 6.10 Å². The van der Waals surface area contributed by atoms with Crippen LogP contribution in [0.3, 0.4) is 0 Å². The molecule has 0 saturated carbocycles. The van der Waals surface area contributed by atoms with Gasteiger partial charge in [0, 0.05) is 25.8 Å². The summed E-state index contributed by atoms with van der Waals surface area (Å²) in [5.74, 6) is 1.14.